The van der Waals surface area contributed by atoms with Gasteiger partial charge in [0.05, 0.1) is 17.5 Å². The van der Waals surface area contributed by atoms with E-state index in [9.17, 15) is 4.79 Å². The van der Waals surface area contributed by atoms with E-state index in [4.69, 9.17) is 32.9 Å². The first-order valence-electron chi connectivity index (χ1n) is 10.6. The SMILES string of the molecule is Cc1cc(OCCCCn2c(-c3ccc(Cl)cc3)nc3ccccc3c2=O)cc(C)c1Cl. The molecule has 0 fully saturated rings. The monoisotopic (exact) mass is 466 g/mol. The third-order valence-corrected chi connectivity index (χ3v) is 6.27. The number of unbranched alkanes of at least 4 members (excludes halogenated alkanes) is 1. The number of rotatable bonds is 7. The molecule has 1 aromatic heterocycles. The van der Waals surface area contributed by atoms with Gasteiger partial charge in [-0.15, -0.1) is 0 Å². The predicted molar refractivity (Wildman–Crippen MR) is 132 cm³/mol. The van der Waals surface area contributed by atoms with Crippen molar-refractivity contribution >= 4 is 34.1 Å². The van der Waals surface area contributed by atoms with Gasteiger partial charge < -0.3 is 4.74 Å². The van der Waals surface area contributed by atoms with E-state index in [-0.39, 0.29) is 5.56 Å². The summed E-state index contributed by atoms with van der Waals surface area (Å²) < 4.78 is 7.66. The summed E-state index contributed by atoms with van der Waals surface area (Å²) in [6.07, 6.45) is 1.59. The fourth-order valence-corrected chi connectivity index (χ4v) is 3.98. The molecule has 0 aliphatic rings. The summed E-state index contributed by atoms with van der Waals surface area (Å²) in [5.41, 5.74) is 3.52. The fourth-order valence-electron chi connectivity index (χ4n) is 3.75. The minimum atomic E-state index is -0.0366. The summed E-state index contributed by atoms with van der Waals surface area (Å²) in [5, 5.41) is 2.04. The zero-order valence-corrected chi connectivity index (χ0v) is 19.6. The Labute approximate surface area is 197 Å². The first-order valence-corrected chi connectivity index (χ1v) is 11.3. The average Bonchev–Trinajstić information content (AvgIpc) is 2.79. The number of ether oxygens (including phenoxy) is 1. The highest BCUT2D eigenvalue weighted by molar-refractivity contribution is 6.32. The summed E-state index contributed by atoms with van der Waals surface area (Å²) in [6.45, 7) is 5.06. The zero-order chi connectivity index (χ0) is 22.7. The highest BCUT2D eigenvalue weighted by Crippen LogP contribution is 2.26. The minimum absolute atomic E-state index is 0.0366. The van der Waals surface area contributed by atoms with Crippen LogP contribution < -0.4 is 10.3 Å². The van der Waals surface area contributed by atoms with Crippen LogP contribution in [0.5, 0.6) is 5.75 Å². The lowest BCUT2D eigenvalue weighted by atomic mass is 10.1. The lowest BCUT2D eigenvalue weighted by Crippen LogP contribution is -2.24. The number of fused-ring (bicyclic) bond motifs is 1. The number of aryl methyl sites for hydroxylation is 2. The molecule has 0 atom stereocenters. The van der Waals surface area contributed by atoms with Crippen LogP contribution in [-0.4, -0.2) is 16.2 Å². The van der Waals surface area contributed by atoms with Crippen molar-refractivity contribution in [3.05, 3.63) is 92.2 Å². The smallest absolute Gasteiger partial charge is 0.261 e. The number of hydrogen-bond acceptors (Lipinski definition) is 3. The van der Waals surface area contributed by atoms with Crippen LogP contribution in [0.25, 0.3) is 22.3 Å². The van der Waals surface area contributed by atoms with Gasteiger partial charge in [-0.05, 0) is 86.3 Å². The molecule has 6 heteroatoms. The van der Waals surface area contributed by atoms with Crippen molar-refractivity contribution in [3.8, 4) is 17.1 Å². The van der Waals surface area contributed by atoms with Gasteiger partial charge in [0.25, 0.3) is 5.56 Å². The Hall–Kier alpha value is -2.82. The lowest BCUT2D eigenvalue weighted by molar-refractivity contribution is 0.302. The van der Waals surface area contributed by atoms with Gasteiger partial charge in [0.1, 0.15) is 11.6 Å². The Kier molecular flexibility index (Phi) is 6.83. The summed E-state index contributed by atoms with van der Waals surface area (Å²) in [4.78, 5) is 18.0. The molecule has 0 aliphatic heterocycles. The number of nitrogens with zero attached hydrogens (tertiary/aromatic N) is 2. The number of hydrogen-bond donors (Lipinski definition) is 0. The normalized spacial score (nSPS) is 11.1. The van der Waals surface area contributed by atoms with Gasteiger partial charge in [-0.3, -0.25) is 9.36 Å². The molecule has 4 rings (SSSR count). The average molecular weight is 467 g/mol. The third kappa shape index (κ3) is 4.82. The van der Waals surface area contributed by atoms with Crippen molar-refractivity contribution in [1.82, 2.24) is 9.55 Å². The van der Waals surface area contributed by atoms with E-state index in [1.807, 2.05) is 74.5 Å². The summed E-state index contributed by atoms with van der Waals surface area (Å²) in [7, 11) is 0. The molecule has 0 spiro atoms. The van der Waals surface area contributed by atoms with Gasteiger partial charge in [-0.2, -0.15) is 0 Å². The molecule has 0 aliphatic carbocycles. The number of para-hydroxylation sites is 1. The van der Waals surface area contributed by atoms with Crippen molar-refractivity contribution in [3.63, 3.8) is 0 Å². The Bertz CT molecular complexity index is 1290. The highest BCUT2D eigenvalue weighted by Gasteiger charge is 2.13. The van der Waals surface area contributed by atoms with E-state index in [1.54, 1.807) is 4.57 Å². The van der Waals surface area contributed by atoms with Crippen LogP contribution in [0.2, 0.25) is 10.0 Å². The highest BCUT2D eigenvalue weighted by atomic mass is 35.5. The maximum atomic E-state index is 13.2. The maximum Gasteiger partial charge on any atom is 0.261 e. The molecule has 0 unspecified atom stereocenters. The van der Waals surface area contributed by atoms with Gasteiger partial charge in [-0.25, -0.2) is 4.98 Å². The second-order valence-corrected chi connectivity index (χ2v) is 8.66. The van der Waals surface area contributed by atoms with Gasteiger partial charge in [0, 0.05) is 22.2 Å². The molecule has 0 bridgehead atoms. The van der Waals surface area contributed by atoms with Crippen LogP contribution in [-0.2, 0) is 6.54 Å². The molecule has 0 saturated heterocycles. The number of halogens is 2. The minimum Gasteiger partial charge on any atom is -0.494 e. The van der Waals surface area contributed by atoms with Gasteiger partial charge in [0.2, 0.25) is 0 Å². The molecule has 4 aromatic rings. The topological polar surface area (TPSA) is 44.1 Å². The van der Waals surface area contributed by atoms with Gasteiger partial charge in [-0.1, -0.05) is 35.3 Å². The van der Waals surface area contributed by atoms with Crippen molar-refractivity contribution in [2.45, 2.75) is 33.2 Å². The van der Waals surface area contributed by atoms with Crippen LogP contribution in [0.1, 0.15) is 24.0 Å². The first kappa shape index (κ1) is 22.4. The van der Waals surface area contributed by atoms with E-state index in [0.29, 0.717) is 34.9 Å². The van der Waals surface area contributed by atoms with Crippen LogP contribution in [0.3, 0.4) is 0 Å². The van der Waals surface area contributed by atoms with E-state index in [1.165, 1.54) is 0 Å². The van der Waals surface area contributed by atoms with Gasteiger partial charge >= 0.3 is 0 Å². The lowest BCUT2D eigenvalue weighted by Gasteiger charge is -2.14. The molecule has 4 nitrogen and oxygen atoms in total. The van der Waals surface area contributed by atoms with Crippen molar-refractivity contribution < 1.29 is 4.74 Å². The van der Waals surface area contributed by atoms with Crippen molar-refractivity contribution in [1.29, 1.82) is 0 Å². The molecule has 1 heterocycles. The fraction of sp³-hybridized carbons (Fsp3) is 0.231. The Morgan fingerprint density at radius 2 is 1.62 bits per heavy atom. The predicted octanol–water partition coefficient (Wildman–Crippen LogP) is 6.85. The Morgan fingerprint density at radius 1 is 0.938 bits per heavy atom. The molecule has 0 saturated carbocycles. The van der Waals surface area contributed by atoms with E-state index in [0.717, 1.165) is 40.3 Å². The molecule has 0 N–H and O–H groups in total. The summed E-state index contributed by atoms with van der Waals surface area (Å²) in [6, 6.07) is 18.7. The van der Waals surface area contributed by atoms with Crippen LogP contribution in [0.15, 0.2) is 65.5 Å². The largest absolute Gasteiger partial charge is 0.494 e. The van der Waals surface area contributed by atoms with E-state index < -0.39 is 0 Å². The quantitative estimate of drug-likeness (QED) is 0.279. The second kappa shape index (κ2) is 9.76. The van der Waals surface area contributed by atoms with Crippen molar-refractivity contribution in [2.24, 2.45) is 0 Å². The molecule has 164 valence electrons. The van der Waals surface area contributed by atoms with Gasteiger partial charge in [0.15, 0.2) is 0 Å². The van der Waals surface area contributed by atoms with E-state index in [2.05, 4.69) is 0 Å². The third-order valence-electron chi connectivity index (χ3n) is 5.42. The Balaban J connectivity index is 1.52. The summed E-state index contributed by atoms with van der Waals surface area (Å²) >= 11 is 12.3. The first-order chi connectivity index (χ1) is 15.4. The number of benzene rings is 3. The molecule has 3 aromatic carbocycles. The molecular weight excluding hydrogens is 443 g/mol. The molecule has 0 radical (unpaired) electrons. The van der Waals surface area contributed by atoms with Crippen LogP contribution in [0.4, 0.5) is 0 Å². The summed E-state index contributed by atoms with van der Waals surface area (Å²) in [5.74, 6) is 1.46. The van der Waals surface area contributed by atoms with Crippen molar-refractivity contribution in [2.75, 3.05) is 6.61 Å². The van der Waals surface area contributed by atoms with Crippen LogP contribution in [0, 0.1) is 13.8 Å². The van der Waals surface area contributed by atoms with E-state index >= 15 is 0 Å². The second-order valence-electron chi connectivity index (χ2n) is 7.84. The number of aromatic nitrogens is 2. The maximum absolute atomic E-state index is 13.2. The molecule has 32 heavy (non-hydrogen) atoms. The standard InChI is InChI=1S/C26H24Cl2N2O2/c1-17-15-21(16-18(2)24(17)28)32-14-6-5-13-30-25(19-9-11-20(27)12-10-19)29-23-8-4-3-7-22(23)26(30)31/h3-4,7-12,15-16H,5-6,13-14H2,1-2H3. The van der Waals surface area contributed by atoms with Crippen LogP contribution >= 0.6 is 23.2 Å². The Morgan fingerprint density at radius 3 is 2.34 bits per heavy atom. The molecule has 0 amide bonds. The molecular formula is C26H24Cl2N2O2. The zero-order valence-electron chi connectivity index (χ0n) is 18.1.